The summed E-state index contributed by atoms with van der Waals surface area (Å²) in [5.74, 6) is 2.76. The van der Waals surface area contributed by atoms with Crippen molar-refractivity contribution in [1.82, 2.24) is 0 Å². The second-order valence-electron chi connectivity index (χ2n) is 7.17. The molecular formula is C18H34N2. The third-order valence-electron chi connectivity index (χ3n) is 4.76. The fraction of sp³-hybridized carbons (Fsp3) is 0.889. The number of nitrogens with zero attached hydrogens (tertiary/aromatic N) is 2. The maximum Gasteiger partial charge on any atom is 0.0417 e. The molecule has 0 aromatic carbocycles. The van der Waals surface area contributed by atoms with Crippen LogP contribution in [0.5, 0.6) is 0 Å². The molecule has 2 heteroatoms. The van der Waals surface area contributed by atoms with Gasteiger partial charge in [-0.25, -0.2) is 0 Å². The van der Waals surface area contributed by atoms with Gasteiger partial charge in [0.2, 0.25) is 0 Å². The normalized spacial score (nSPS) is 25.6. The van der Waals surface area contributed by atoms with Crippen molar-refractivity contribution in [3.63, 3.8) is 0 Å². The summed E-state index contributed by atoms with van der Waals surface area (Å²) < 4.78 is 0. The van der Waals surface area contributed by atoms with E-state index in [0.29, 0.717) is 11.8 Å². The summed E-state index contributed by atoms with van der Waals surface area (Å²) in [6.45, 7) is 15.3. The first-order chi connectivity index (χ1) is 9.40. The summed E-state index contributed by atoms with van der Waals surface area (Å²) >= 11 is 0. The second kappa shape index (κ2) is 8.59. The molecule has 1 saturated carbocycles. The van der Waals surface area contributed by atoms with E-state index in [4.69, 9.17) is 9.98 Å². The first-order valence-corrected chi connectivity index (χ1v) is 8.42. The molecule has 2 atom stereocenters. The summed E-state index contributed by atoms with van der Waals surface area (Å²) in [4.78, 5) is 9.57. The molecule has 0 radical (unpaired) electrons. The Balaban J connectivity index is 2.43. The van der Waals surface area contributed by atoms with Crippen LogP contribution in [0.25, 0.3) is 0 Å². The van der Waals surface area contributed by atoms with Crippen LogP contribution in [0.15, 0.2) is 9.98 Å². The number of hydrogen-bond acceptors (Lipinski definition) is 2. The van der Waals surface area contributed by atoms with Gasteiger partial charge in [0, 0.05) is 24.5 Å². The average Bonchev–Trinajstić information content (AvgIpc) is 2.42. The van der Waals surface area contributed by atoms with Crippen LogP contribution in [-0.2, 0) is 0 Å². The fourth-order valence-electron chi connectivity index (χ4n) is 2.65. The molecular weight excluding hydrogens is 244 g/mol. The Labute approximate surface area is 126 Å². The van der Waals surface area contributed by atoms with E-state index in [2.05, 4.69) is 41.5 Å². The Morgan fingerprint density at radius 3 is 1.60 bits per heavy atom. The van der Waals surface area contributed by atoms with E-state index in [-0.39, 0.29) is 0 Å². The molecule has 0 heterocycles. The highest BCUT2D eigenvalue weighted by Gasteiger charge is 2.21. The summed E-state index contributed by atoms with van der Waals surface area (Å²) in [6, 6.07) is 0. The molecule has 0 spiro atoms. The van der Waals surface area contributed by atoms with Crippen molar-refractivity contribution in [2.45, 2.75) is 67.2 Å². The van der Waals surface area contributed by atoms with Gasteiger partial charge in [0.05, 0.1) is 0 Å². The van der Waals surface area contributed by atoms with Gasteiger partial charge in [0.15, 0.2) is 0 Å². The van der Waals surface area contributed by atoms with Crippen LogP contribution < -0.4 is 0 Å². The van der Waals surface area contributed by atoms with Crippen molar-refractivity contribution in [2.24, 2.45) is 33.7 Å². The third-order valence-corrected chi connectivity index (χ3v) is 4.76. The van der Waals surface area contributed by atoms with E-state index >= 15 is 0 Å². The Morgan fingerprint density at radius 1 is 0.850 bits per heavy atom. The minimum atomic E-state index is 0.590. The van der Waals surface area contributed by atoms with Crippen molar-refractivity contribution in [3.8, 4) is 0 Å². The molecule has 1 aliphatic carbocycles. The zero-order valence-electron chi connectivity index (χ0n) is 14.4. The van der Waals surface area contributed by atoms with Crippen molar-refractivity contribution >= 4 is 11.4 Å². The number of aliphatic imine (C=N–C) groups is 2. The van der Waals surface area contributed by atoms with Gasteiger partial charge in [-0.3, -0.25) is 9.98 Å². The fourth-order valence-corrected chi connectivity index (χ4v) is 2.65. The molecule has 1 rings (SSSR count). The van der Waals surface area contributed by atoms with Gasteiger partial charge in [-0.2, -0.15) is 0 Å². The summed E-state index contributed by atoms with van der Waals surface area (Å²) in [5, 5.41) is 0. The number of hydrogen-bond donors (Lipinski definition) is 0. The Morgan fingerprint density at radius 2 is 1.25 bits per heavy atom. The highest BCUT2D eigenvalue weighted by atomic mass is 14.8. The average molecular weight is 278 g/mol. The number of rotatable bonds is 6. The zero-order valence-corrected chi connectivity index (χ0v) is 14.4. The molecule has 1 aliphatic rings. The quantitative estimate of drug-likeness (QED) is 0.609. The molecule has 1 fully saturated rings. The largest absolute Gasteiger partial charge is 0.294 e. The lowest BCUT2D eigenvalue weighted by Crippen LogP contribution is -2.21. The molecule has 0 saturated heterocycles. The predicted octanol–water partition coefficient (Wildman–Crippen LogP) is 5.03. The molecule has 0 bridgehead atoms. The lowest BCUT2D eigenvalue weighted by molar-refractivity contribution is 0.278. The van der Waals surface area contributed by atoms with E-state index < -0.39 is 0 Å². The van der Waals surface area contributed by atoms with Crippen LogP contribution >= 0.6 is 0 Å². The van der Waals surface area contributed by atoms with Crippen molar-refractivity contribution < 1.29 is 0 Å². The van der Waals surface area contributed by atoms with Crippen LogP contribution in [0.4, 0.5) is 0 Å². The zero-order chi connectivity index (χ0) is 15.1. The van der Waals surface area contributed by atoms with E-state index in [9.17, 15) is 0 Å². The monoisotopic (exact) mass is 278 g/mol. The Kier molecular flexibility index (Phi) is 7.47. The van der Waals surface area contributed by atoms with E-state index in [0.717, 1.165) is 24.9 Å². The van der Waals surface area contributed by atoms with Gasteiger partial charge in [0.25, 0.3) is 0 Å². The summed E-state index contributed by atoms with van der Waals surface area (Å²) in [6.07, 6.45) is 5.40. The molecule has 2 nitrogen and oxygen atoms in total. The van der Waals surface area contributed by atoms with Gasteiger partial charge < -0.3 is 0 Å². The molecule has 0 aliphatic heterocycles. The highest BCUT2D eigenvalue weighted by molar-refractivity contribution is 5.84. The minimum Gasteiger partial charge on any atom is -0.294 e. The van der Waals surface area contributed by atoms with Crippen molar-refractivity contribution in [1.29, 1.82) is 0 Å². The molecule has 20 heavy (non-hydrogen) atoms. The van der Waals surface area contributed by atoms with Crippen molar-refractivity contribution in [2.75, 3.05) is 13.1 Å². The van der Waals surface area contributed by atoms with E-state index in [1.54, 1.807) is 0 Å². The minimum absolute atomic E-state index is 0.590. The third kappa shape index (κ3) is 6.19. The van der Waals surface area contributed by atoms with Gasteiger partial charge in [-0.15, -0.1) is 0 Å². The lowest BCUT2D eigenvalue weighted by atomic mass is 9.81. The molecule has 0 amide bonds. The maximum atomic E-state index is 4.79. The molecule has 2 unspecified atom stereocenters. The predicted molar refractivity (Wildman–Crippen MR) is 91.1 cm³/mol. The first-order valence-electron chi connectivity index (χ1n) is 8.42. The molecule has 0 aromatic heterocycles. The summed E-state index contributed by atoms with van der Waals surface area (Å²) in [7, 11) is 0. The van der Waals surface area contributed by atoms with Crippen LogP contribution in [0.1, 0.15) is 67.2 Å². The standard InChI is InChI=1S/C18H34N2/c1-13(2)15(5)19-11-17-8-7-9-18(10-17)12-20-16(6)14(3)4/h13-14,17-18H,7-12H2,1-6H3. The van der Waals surface area contributed by atoms with E-state index in [1.807, 2.05) is 0 Å². The van der Waals surface area contributed by atoms with Crippen LogP contribution in [0.3, 0.4) is 0 Å². The van der Waals surface area contributed by atoms with Crippen molar-refractivity contribution in [3.05, 3.63) is 0 Å². The molecule has 0 aromatic rings. The van der Waals surface area contributed by atoms with Gasteiger partial charge in [0.1, 0.15) is 0 Å². The topological polar surface area (TPSA) is 24.7 Å². The van der Waals surface area contributed by atoms with E-state index in [1.165, 1.54) is 37.1 Å². The second-order valence-corrected chi connectivity index (χ2v) is 7.17. The molecule has 0 N–H and O–H groups in total. The SMILES string of the molecule is CC(=NCC1CCCC(CN=C(C)C(C)C)C1)C(C)C. The Hall–Kier alpha value is -0.660. The smallest absolute Gasteiger partial charge is 0.0417 e. The van der Waals surface area contributed by atoms with Crippen LogP contribution in [-0.4, -0.2) is 24.5 Å². The van der Waals surface area contributed by atoms with Crippen LogP contribution in [0, 0.1) is 23.7 Å². The van der Waals surface area contributed by atoms with Crippen LogP contribution in [0.2, 0.25) is 0 Å². The molecule has 116 valence electrons. The van der Waals surface area contributed by atoms with Gasteiger partial charge in [-0.1, -0.05) is 34.1 Å². The maximum absolute atomic E-state index is 4.79. The first kappa shape index (κ1) is 17.4. The summed E-state index contributed by atoms with van der Waals surface area (Å²) in [5.41, 5.74) is 2.61. The highest BCUT2D eigenvalue weighted by Crippen LogP contribution is 2.29. The lowest BCUT2D eigenvalue weighted by Gasteiger charge is -2.27. The van der Waals surface area contributed by atoms with Gasteiger partial charge in [-0.05, 0) is 56.8 Å². The van der Waals surface area contributed by atoms with Gasteiger partial charge >= 0.3 is 0 Å². The Bertz CT molecular complexity index is 307.